The maximum Gasteiger partial charge on any atom is 0.347 e. The topological polar surface area (TPSA) is 90.7 Å². The molecule has 0 amide bonds. The first kappa shape index (κ1) is 18.4. The van der Waals surface area contributed by atoms with Gasteiger partial charge in [0.25, 0.3) is 5.56 Å². The minimum atomic E-state index is -0.848. The first-order valence-electron chi connectivity index (χ1n) is 8.58. The van der Waals surface area contributed by atoms with Crippen LogP contribution in [0.15, 0.2) is 41.3 Å². The van der Waals surface area contributed by atoms with Crippen molar-refractivity contribution >= 4 is 17.0 Å². The van der Waals surface area contributed by atoms with E-state index in [0.717, 1.165) is 16.9 Å². The SMILES string of the molecule is CCOC(=O)c1c(O)c2cc(-c3ccc(OC)cc3)cnc2n(CC)c1=O. The van der Waals surface area contributed by atoms with E-state index in [1.54, 1.807) is 33.2 Å². The van der Waals surface area contributed by atoms with Crippen molar-refractivity contribution in [2.24, 2.45) is 0 Å². The summed E-state index contributed by atoms with van der Waals surface area (Å²) < 4.78 is 11.4. The van der Waals surface area contributed by atoms with E-state index in [4.69, 9.17) is 9.47 Å². The van der Waals surface area contributed by atoms with Gasteiger partial charge in [-0.25, -0.2) is 9.78 Å². The number of fused-ring (bicyclic) bond motifs is 1. The molecule has 0 unspecified atom stereocenters. The van der Waals surface area contributed by atoms with Gasteiger partial charge in [-0.1, -0.05) is 12.1 Å². The lowest BCUT2D eigenvalue weighted by Crippen LogP contribution is -2.28. The Morgan fingerprint density at radius 1 is 1.19 bits per heavy atom. The highest BCUT2D eigenvalue weighted by Gasteiger charge is 2.23. The van der Waals surface area contributed by atoms with Crippen molar-refractivity contribution in [3.8, 4) is 22.6 Å². The van der Waals surface area contributed by atoms with E-state index in [-0.39, 0.29) is 12.2 Å². The first-order chi connectivity index (χ1) is 13.0. The van der Waals surface area contributed by atoms with Crippen LogP contribution >= 0.6 is 0 Å². The fourth-order valence-corrected chi connectivity index (χ4v) is 2.94. The van der Waals surface area contributed by atoms with Crippen LogP contribution < -0.4 is 10.3 Å². The van der Waals surface area contributed by atoms with E-state index in [1.807, 2.05) is 24.3 Å². The molecule has 0 aliphatic carbocycles. The van der Waals surface area contributed by atoms with Crippen LogP contribution in [0.1, 0.15) is 24.2 Å². The van der Waals surface area contributed by atoms with Crippen molar-refractivity contribution in [2.45, 2.75) is 20.4 Å². The molecule has 1 aromatic carbocycles. The van der Waals surface area contributed by atoms with Gasteiger partial charge in [0.1, 0.15) is 17.1 Å². The third-order valence-corrected chi connectivity index (χ3v) is 4.29. The van der Waals surface area contributed by atoms with Crippen LogP contribution in [0.3, 0.4) is 0 Å². The summed E-state index contributed by atoms with van der Waals surface area (Å²) in [6.07, 6.45) is 1.62. The summed E-state index contributed by atoms with van der Waals surface area (Å²) in [6.45, 7) is 3.81. The number of aryl methyl sites for hydroxylation is 1. The maximum absolute atomic E-state index is 12.6. The lowest BCUT2D eigenvalue weighted by molar-refractivity contribution is 0.0520. The Bertz CT molecular complexity index is 1050. The number of pyridine rings is 2. The highest BCUT2D eigenvalue weighted by atomic mass is 16.5. The molecule has 7 nitrogen and oxygen atoms in total. The normalized spacial score (nSPS) is 10.8. The van der Waals surface area contributed by atoms with Gasteiger partial charge in [-0.15, -0.1) is 0 Å². The molecule has 0 atom stereocenters. The molecule has 0 saturated carbocycles. The largest absolute Gasteiger partial charge is 0.506 e. The van der Waals surface area contributed by atoms with Crippen molar-refractivity contribution < 1.29 is 19.4 Å². The van der Waals surface area contributed by atoms with Crippen molar-refractivity contribution in [2.75, 3.05) is 13.7 Å². The lowest BCUT2D eigenvalue weighted by Gasteiger charge is -2.13. The maximum atomic E-state index is 12.6. The number of methoxy groups -OCH3 is 1. The minimum absolute atomic E-state index is 0.103. The molecule has 2 aromatic heterocycles. The molecule has 0 bridgehead atoms. The molecule has 7 heteroatoms. The molecular formula is C20H20N2O5. The summed E-state index contributed by atoms with van der Waals surface area (Å²) >= 11 is 0. The van der Waals surface area contributed by atoms with Crippen LogP contribution in [0, 0.1) is 0 Å². The minimum Gasteiger partial charge on any atom is -0.506 e. The molecule has 0 spiro atoms. The van der Waals surface area contributed by atoms with Gasteiger partial charge in [-0.3, -0.25) is 9.36 Å². The zero-order valence-electron chi connectivity index (χ0n) is 15.4. The Labute approximate surface area is 155 Å². The van der Waals surface area contributed by atoms with E-state index in [9.17, 15) is 14.7 Å². The molecule has 0 saturated heterocycles. The Morgan fingerprint density at radius 2 is 1.89 bits per heavy atom. The smallest absolute Gasteiger partial charge is 0.347 e. The van der Waals surface area contributed by atoms with Crippen molar-refractivity contribution in [1.29, 1.82) is 0 Å². The van der Waals surface area contributed by atoms with E-state index < -0.39 is 17.3 Å². The molecule has 2 heterocycles. The second-order valence-corrected chi connectivity index (χ2v) is 5.82. The van der Waals surface area contributed by atoms with Gasteiger partial charge in [0.05, 0.1) is 19.1 Å². The zero-order valence-corrected chi connectivity index (χ0v) is 15.4. The Morgan fingerprint density at radius 3 is 2.48 bits per heavy atom. The van der Waals surface area contributed by atoms with Crippen LogP contribution in [-0.2, 0) is 11.3 Å². The average molecular weight is 368 g/mol. The van der Waals surface area contributed by atoms with Crippen LogP contribution in [0.5, 0.6) is 11.5 Å². The van der Waals surface area contributed by atoms with Gasteiger partial charge >= 0.3 is 5.97 Å². The molecule has 1 N–H and O–H groups in total. The van der Waals surface area contributed by atoms with Crippen LogP contribution in [0.2, 0.25) is 0 Å². The van der Waals surface area contributed by atoms with Crippen LogP contribution in [0.4, 0.5) is 0 Å². The molecule has 140 valence electrons. The number of rotatable bonds is 5. The van der Waals surface area contributed by atoms with Crippen molar-refractivity contribution in [3.63, 3.8) is 0 Å². The molecule has 0 aliphatic rings. The number of aromatic hydroxyl groups is 1. The first-order valence-corrected chi connectivity index (χ1v) is 8.58. The van der Waals surface area contributed by atoms with Gasteiger partial charge in [0.2, 0.25) is 0 Å². The lowest BCUT2D eigenvalue weighted by atomic mass is 10.0. The predicted molar refractivity (Wildman–Crippen MR) is 101 cm³/mol. The van der Waals surface area contributed by atoms with E-state index in [1.165, 1.54) is 4.57 Å². The molecule has 27 heavy (non-hydrogen) atoms. The summed E-state index contributed by atoms with van der Waals surface area (Å²) in [6, 6.07) is 9.06. The van der Waals surface area contributed by atoms with Gasteiger partial charge in [-0.05, 0) is 37.6 Å². The van der Waals surface area contributed by atoms with Gasteiger partial charge in [0, 0.05) is 18.3 Å². The monoisotopic (exact) mass is 368 g/mol. The van der Waals surface area contributed by atoms with Gasteiger partial charge in [0.15, 0.2) is 5.56 Å². The number of hydrogen-bond acceptors (Lipinski definition) is 6. The molecular weight excluding hydrogens is 348 g/mol. The van der Waals surface area contributed by atoms with E-state index in [0.29, 0.717) is 17.6 Å². The Balaban J connectivity index is 2.25. The van der Waals surface area contributed by atoms with Crippen molar-refractivity contribution in [1.82, 2.24) is 9.55 Å². The number of aromatic nitrogens is 2. The quantitative estimate of drug-likeness (QED) is 0.696. The second-order valence-electron chi connectivity index (χ2n) is 5.82. The molecule has 0 fully saturated rings. The van der Waals surface area contributed by atoms with E-state index in [2.05, 4.69) is 4.98 Å². The van der Waals surface area contributed by atoms with Crippen LogP contribution in [0.25, 0.3) is 22.2 Å². The summed E-state index contributed by atoms with van der Waals surface area (Å²) in [5.74, 6) is -0.542. The zero-order chi connectivity index (χ0) is 19.6. The van der Waals surface area contributed by atoms with Gasteiger partial charge < -0.3 is 14.6 Å². The molecule has 0 radical (unpaired) electrons. The third kappa shape index (κ3) is 3.23. The van der Waals surface area contributed by atoms with Crippen molar-refractivity contribution in [3.05, 3.63) is 52.4 Å². The number of benzene rings is 1. The fraction of sp³-hybridized carbons (Fsp3) is 0.250. The summed E-state index contributed by atoms with van der Waals surface area (Å²) in [7, 11) is 1.59. The summed E-state index contributed by atoms with van der Waals surface area (Å²) in [5, 5.41) is 10.9. The number of nitrogens with zero attached hydrogens (tertiary/aromatic N) is 2. The third-order valence-electron chi connectivity index (χ3n) is 4.29. The van der Waals surface area contributed by atoms with Gasteiger partial charge in [-0.2, -0.15) is 0 Å². The number of ether oxygens (including phenoxy) is 2. The summed E-state index contributed by atoms with van der Waals surface area (Å²) in [5.41, 5.74) is 0.906. The average Bonchev–Trinajstić information content (AvgIpc) is 2.68. The highest BCUT2D eigenvalue weighted by Crippen LogP contribution is 2.30. The van der Waals surface area contributed by atoms with E-state index >= 15 is 0 Å². The highest BCUT2D eigenvalue weighted by molar-refractivity contribution is 5.99. The Hall–Kier alpha value is -3.35. The Kier molecular flexibility index (Phi) is 5.12. The number of esters is 1. The fourth-order valence-electron chi connectivity index (χ4n) is 2.94. The number of carbonyl (C=O) groups excluding carboxylic acids is 1. The number of hydrogen-bond donors (Lipinski definition) is 1. The van der Waals surface area contributed by atoms with Crippen LogP contribution in [-0.4, -0.2) is 34.3 Å². The second kappa shape index (κ2) is 7.49. The molecule has 0 aliphatic heterocycles. The summed E-state index contributed by atoms with van der Waals surface area (Å²) in [4.78, 5) is 29.2. The predicted octanol–water partition coefficient (Wildman–Crippen LogP) is 2.97. The molecule has 3 aromatic rings. The standard InChI is InChI=1S/C20H20N2O5/c1-4-22-18-15(17(23)16(19(22)24)20(25)27-5-2)10-13(11-21-18)12-6-8-14(26-3)9-7-12/h6-11,23H,4-5H2,1-3H3. The molecule has 3 rings (SSSR count). The number of carbonyl (C=O) groups is 1.